The molecule has 2 N–H and O–H groups in total. The molecular formula is C7H13NO2. The minimum Gasteiger partial charge on any atom is -0.396 e. The van der Waals surface area contributed by atoms with Crippen LogP contribution in [-0.4, -0.2) is 24.7 Å². The van der Waals surface area contributed by atoms with Gasteiger partial charge in [-0.15, -0.1) is 0 Å². The second kappa shape index (κ2) is 3.01. The summed E-state index contributed by atoms with van der Waals surface area (Å²) in [6.07, 6.45) is 3.96. The van der Waals surface area contributed by atoms with Crippen LogP contribution in [0, 0.1) is 5.41 Å². The van der Waals surface area contributed by atoms with E-state index in [0.717, 1.165) is 12.8 Å². The van der Waals surface area contributed by atoms with E-state index in [-0.39, 0.29) is 12.0 Å². The van der Waals surface area contributed by atoms with Crippen molar-refractivity contribution < 1.29 is 9.90 Å². The van der Waals surface area contributed by atoms with Crippen LogP contribution in [-0.2, 0) is 4.79 Å². The van der Waals surface area contributed by atoms with Gasteiger partial charge in [0.05, 0.1) is 6.61 Å². The molecule has 10 heavy (non-hydrogen) atoms. The molecule has 0 saturated heterocycles. The monoisotopic (exact) mass is 143 g/mol. The van der Waals surface area contributed by atoms with E-state index in [1.54, 1.807) is 0 Å². The van der Waals surface area contributed by atoms with Gasteiger partial charge in [0.25, 0.3) is 0 Å². The molecule has 0 aromatic carbocycles. The Morgan fingerprint density at radius 2 is 2.30 bits per heavy atom. The fourth-order valence-corrected chi connectivity index (χ4v) is 1.33. The molecule has 58 valence electrons. The average molecular weight is 143 g/mol. The van der Waals surface area contributed by atoms with Gasteiger partial charge in [0.1, 0.15) is 0 Å². The maximum absolute atomic E-state index is 9.91. The van der Waals surface area contributed by atoms with E-state index in [9.17, 15) is 4.79 Å². The van der Waals surface area contributed by atoms with Crippen molar-refractivity contribution in [1.82, 2.24) is 5.32 Å². The smallest absolute Gasteiger partial charge is 0.207 e. The zero-order valence-electron chi connectivity index (χ0n) is 5.97. The Morgan fingerprint density at radius 1 is 1.60 bits per heavy atom. The van der Waals surface area contributed by atoms with Crippen LogP contribution in [0.1, 0.15) is 19.3 Å². The summed E-state index contributed by atoms with van der Waals surface area (Å²) in [6.45, 7) is 0.834. The Kier molecular flexibility index (Phi) is 2.27. The van der Waals surface area contributed by atoms with Gasteiger partial charge in [-0.25, -0.2) is 0 Å². The first-order valence-corrected chi connectivity index (χ1v) is 3.61. The van der Waals surface area contributed by atoms with Crippen LogP contribution in [0.2, 0.25) is 0 Å². The van der Waals surface area contributed by atoms with Crippen LogP contribution >= 0.6 is 0 Å². The van der Waals surface area contributed by atoms with Crippen molar-refractivity contribution in [2.75, 3.05) is 13.2 Å². The standard InChI is InChI=1S/C7H13NO2/c9-5-7(2-1-3-7)4-8-6-10/h6,9H,1-5H2,(H,8,10). The molecule has 1 rings (SSSR count). The van der Waals surface area contributed by atoms with E-state index in [0.29, 0.717) is 13.0 Å². The number of carbonyl (C=O) groups excluding carboxylic acids is 1. The molecule has 3 nitrogen and oxygen atoms in total. The maximum atomic E-state index is 9.91. The molecular weight excluding hydrogens is 130 g/mol. The highest BCUT2D eigenvalue weighted by Crippen LogP contribution is 2.39. The van der Waals surface area contributed by atoms with Crippen molar-refractivity contribution in [3.05, 3.63) is 0 Å². The number of amides is 1. The van der Waals surface area contributed by atoms with Gasteiger partial charge >= 0.3 is 0 Å². The highest BCUT2D eigenvalue weighted by atomic mass is 16.3. The van der Waals surface area contributed by atoms with Crippen molar-refractivity contribution >= 4 is 6.41 Å². The predicted octanol–water partition coefficient (Wildman–Crippen LogP) is -0.105. The second-order valence-electron chi connectivity index (χ2n) is 3.01. The van der Waals surface area contributed by atoms with E-state index >= 15 is 0 Å². The third-order valence-electron chi connectivity index (χ3n) is 2.31. The Hall–Kier alpha value is -0.570. The fourth-order valence-electron chi connectivity index (χ4n) is 1.33. The molecule has 1 fully saturated rings. The number of carbonyl (C=O) groups is 1. The Labute approximate surface area is 60.4 Å². The molecule has 3 heteroatoms. The molecule has 0 heterocycles. The van der Waals surface area contributed by atoms with Crippen LogP contribution in [0.4, 0.5) is 0 Å². The number of hydrogen-bond acceptors (Lipinski definition) is 2. The molecule has 0 radical (unpaired) electrons. The zero-order valence-corrected chi connectivity index (χ0v) is 5.97. The number of aliphatic hydroxyl groups is 1. The lowest BCUT2D eigenvalue weighted by molar-refractivity contribution is -0.110. The summed E-state index contributed by atoms with van der Waals surface area (Å²) in [6, 6.07) is 0. The second-order valence-corrected chi connectivity index (χ2v) is 3.01. The minimum atomic E-state index is 0.0287. The zero-order chi connectivity index (χ0) is 7.45. The summed E-state index contributed by atoms with van der Waals surface area (Å²) in [4.78, 5) is 9.91. The third kappa shape index (κ3) is 1.29. The normalized spacial score (nSPS) is 21.3. The van der Waals surface area contributed by atoms with E-state index in [1.807, 2.05) is 0 Å². The van der Waals surface area contributed by atoms with Crippen molar-refractivity contribution in [3.63, 3.8) is 0 Å². The Bertz CT molecular complexity index is 115. The first-order chi connectivity index (χ1) is 4.83. The van der Waals surface area contributed by atoms with Crippen LogP contribution < -0.4 is 5.32 Å². The van der Waals surface area contributed by atoms with Gasteiger partial charge in [-0.2, -0.15) is 0 Å². The molecule has 0 unspecified atom stereocenters. The van der Waals surface area contributed by atoms with Crippen LogP contribution in [0.15, 0.2) is 0 Å². The highest BCUT2D eigenvalue weighted by molar-refractivity contribution is 5.46. The highest BCUT2D eigenvalue weighted by Gasteiger charge is 2.35. The van der Waals surface area contributed by atoms with E-state index < -0.39 is 0 Å². The molecule has 0 aromatic rings. The third-order valence-corrected chi connectivity index (χ3v) is 2.31. The van der Waals surface area contributed by atoms with Gasteiger partial charge in [0.2, 0.25) is 6.41 Å². The van der Waals surface area contributed by atoms with Gasteiger partial charge < -0.3 is 10.4 Å². The predicted molar refractivity (Wildman–Crippen MR) is 37.4 cm³/mol. The quantitative estimate of drug-likeness (QED) is 0.540. The molecule has 0 atom stereocenters. The number of nitrogens with one attached hydrogen (secondary N) is 1. The summed E-state index contributed by atoms with van der Waals surface area (Å²) < 4.78 is 0. The topological polar surface area (TPSA) is 49.3 Å². The summed E-state index contributed by atoms with van der Waals surface area (Å²) in [5.74, 6) is 0. The molecule has 0 aliphatic heterocycles. The largest absolute Gasteiger partial charge is 0.396 e. The number of hydrogen-bond donors (Lipinski definition) is 2. The lowest BCUT2D eigenvalue weighted by Gasteiger charge is -2.39. The summed E-state index contributed by atoms with van der Waals surface area (Å²) in [5.41, 5.74) is 0.0287. The van der Waals surface area contributed by atoms with Crippen molar-refractivity contribution in [1.29, 1.82) is 0 Å². The summed E-state index contributed by atoms with van der Waals surface area (Å²) in [7, 11) is 0. The number of aliphatic hydroxyl groups excluding tert-OH is 1. The number of rotatable bonds is 4. The van der Waals surface area contributed by atoms with Crippen LogP contribution in [0.25, 0.3) is 0 Å². The van der Waals surface area contributed by atoms with Gasteiger partial charge in [-0.3, -0.25) is 4.79 Å². The van der Waals surface area contributed by atoms with Crippen molar-refractivity contribution in [2.45, 2.75) is 19.3 Å². The SMILES string of the molecule is O=CNCC1(CO)CCC1. The lowest BCUT2D eigenvalue weighted by Crippen LogP contribution is -2.42. The van der Waals surface area contributed by atoms with E-state index in [1.165, 1.54) is 6.42 Å². The minimum absolute atomic E-state index is 0.0287. The molecule has 1 saturated carbocycles. The average Bonchev–Trinajstić information content (AvgIpc) is 1.87. The molecule has 0 aromatic heterocycles. The van der Waals surface area contributed by atoms with Crippen molar-refractivity contribution in [2.24, 2.45) is 5.41 Å². The van der Waals surface area contributed by atoms with E-state index in [4.69, 9.17) is 5.11 Å². The Balaban J connectivity index is 2.26. The lowest BCUT2D eigenvalue weighted by atomic mass is 9.69. The van der Waals surface area contributed by atoms with Crippen molar-refractivity contribution in [3.8, 4) is 0 Å². The molecule has 0 bridgehead atoms. The molecule has 1 amide bonds. The fraction of sp³-hybridized carbons (Fsp3) is 0.857. The van der Waals surface area contributed by atoms with Crippen LogP contribution in [0.3, 0.4) is 0 Å². The molecule has 1 aliphatic rings. The summed E-state index contributed by atoms with van der Waals surface area (Å²) >= 11 is 0. The maximum Gasteiger partial charge on any atom is 0.207 e. The van der Waals surface area contributed by atoms with Crippen LogP contribution in [0.5, 0.6) is 0 Å². The first-order valence-electron chi connectivity index (χ1n) is 3.61. The van der Waals surface area contributed by atoms with Gasteiger partial charge in [-0.05, 0) is 12.8 Å². The summed E-state index contributed by atoms with van der Waals surface area (Å²) in [5, 5.41) is 11.5. The first kappa shape index (κ1) is 7.54. The van der Waals surface area contributed by atoms with Gasteiger partial charge in [-0.1, -0.05) is 6.42 Å². The van der Waals surface area contributed by atoms with Gasteiger partial charge in [0, 0.05) is 12.0 Å². The van der Waals surface area contributed by atoms with Gasteiger partial charge in [0.15, 0.2) is 0 Å². The Morgan fingerprint density at radius 3 is 2.60 bits per heavy atom. The molecule has 1 aliphatic carbocycles. The molecule has 0 spiro atoms. The van der Waals surface area contributed by atoms with E-state index in [2.05, 4.69) is 5.32 Å².